The maximum atomic E-state index is 11.3. The summed E-state index contributed by atoms with van der Waals surface area (Å²) in [5, 5.41) is 36.0. The monoisotopic (exact) mass is 264 g/mol. The highest BCUT2D eigenvalue weighted by Crippen LogP contribution is 2.23. The predicted molar refractivity (Wildman–Crippen MR) is 62.6 cm³/mol. The minimum absolute atomic E-state index is 0.302. The zero-order valence-electron chi connectivity index (χ0n) is 9.31. The third-order valence-corrected chi connectivity index (χ3v) is 2.16. The van der Waals surface area contributed by atoms with E-state index in [0.717, 1.165) is 6.21 Å². The van der Waals surface area contributed by atoms with Gasteiger partial charge in [0, 0.05) is 0 Å². The molecule has 2 rings (SSSR count). The van der Waals surface area contributed by atoms with Gasteiger partial charge in [-0.2, -0.15) is 9.78 Å². The van der Waals surface area contributed by atoms with Crippen LogP contribution in [0.1, 0.15) is 16.2 Å². The fourth-order valence-electron chi connectivity index (χ4n) is 1.28. The fourth-order valence-corrected chi connectivity index (χ4v) is 1.28. The summed E-state index contributed by atoms with van der Waals surface area (Å²) < 4.78 is 0.562. The maximum absolute atomic E-state index is 11.3. The number of aromatic carboxylic acids is 1. The normalized spacial score (nSPS) is 10.9. The Morgan fingerprint density at radius 3 is 2.74 bits per heavy atom. The highest BCUT2D eigenvalue weighted by molar-refractivity contribution is 5.84. The summed E-state index contributed by atoms with van der Waals surface area (Å²) in [6.07, 6.45) is 1.14. The van der Waals surface area contributed by atoms with Crippen LogP contribution < -0.4 is 5.69 Å². The molecule has 0 unspecified atom stereocenters. The zero-order valence-corrected chi connectivity index (χ0v) is 9.31. The van der Waals surface area contributed by atoms with Crippen molar-refractivity contribution in [2.45, 2.75) is 0 Å². The van der Waals surface area contributed by atoms with Crippen molar-refractivity contribution in [1.82, 2.24) is 14.9 Å². The molecule has 0 bridgehead atoms. The van der Waals surface area contributed by atoms with Crippen LogP contribution in [-0.4, -0.2) is 42.4 Å². The summed E-state index contributed by atoms with van der Waals surface area (Å²) in [5.74, 6) is -2.64. The molecule has 0 radical (unpaired) electrons. The van der Waals surface area contributed by atoms with E-state index in [2.05, 4.69) is 10.2 Å². The number of hydrogen-bond acceptors (Lipinski definition) is 6. The van der Waals surface area contributed by atoms with Gasteiger partial charge >= 0.3 is 11.7 Å². The molecule has 9 heteroatoms. The van der Waals surface area contributed by atoms with E-state index < -0.39 is 17.5 Å². The van der Waals surface area contributed by atoms with Crippen LogP contribution in [0.25, 0.3) is 0 Å². The van der Waals surface area contributed by atoms with Gasteiger partial charge in [-0.3, -0.25) is 0 Å². The summed E-state index contributed by atoms with van der Waals surface area (Å²) in [7, 11) is 0. The molecule has 0 aliphatic heterocycles. The van der Waals surface area contributed by atoms with Gasteiger partial charge in [-0.15, -0.1) is 5.10 Å². The number of nitrogens with one attached hydrogen (secondary N) is 1. The summed E-state index contributed by atoms with van der Waals surface area (Å²) in [5.41, 5.74) is -0.448. The van der Waals surface area contributed by atoms with Gasteiger partial charge in [-0.25, -0.2) is 14.7 Å². The van der Waals surface area contributed by atoms with Gasteiger partial charge in [0.15, 0.2) is 11.5 Å². The lowest BCUT2D eigenvalue weighted by molar-refractivity contribution is 0.0678. The Hall–Kier alpha value is -3.10. The summed E-state index contributed by atoms with van der Waals surface area (Å²) in [4.78, 5) is 22.0. The first-order valence-electron chi connectivity index (χ1n) is 4.96. The Morgan fingerprint density at radius 1 is 1.37 bits per heavy atom. The van der Waals surface area contributed by atoms with Crippen LogP contribution >= 0.6 is 0 Å². The highest BCUT2D eigenvalue weighted by Gasteiger charge is 2.14. The topological polar surface area (TPSA) is 141 Å². The molecule has 0 aliphatic rings. The molecule has 0 fully saturated rings. The number of phenolic OH excluding ortho intramolecular Hbond substituents is 2. The van der Waals surface area contributed by atoms with Crippen molar-refractivity contribution < 1.29 is 20.1 Å². The second kappa shape index (κ2) is 4.64. The van der Waals surface area contributed by atoms with E-state index in [1.807, 2.05) is 5.10 Å². The molecule has 0 amide bonds. The van der Waals surface area contributed by atoms with Crippen molar-refractivity contribution in [3.8, 4) is 11.5 Å². The second-order valence-corrected chi connectivity index (χ2v) is 3.46. The number of H-pyrrole nitrogens is 1. The van der Waals surface area contributed by atoms with E-state index in [1.165, 1.54) is 18.2 Å². The number of aromatic nitrogens is 3. The minimum Gasteiger partial charge on any atom is -0.504 e. The minimum atomic E-state index is -1.41. The number of benzene rings is 1. The SMILES string of the molecule is O=C(O)c1n[nH]c(=O)n1/N=C/c1ccc(O)c(O)c1. The first-order chi connectivity index (χ1) is 8.99. The first kappa shape index (κ1) is 12.4. The molecular weight excluding hydrogens is 256 g/mol. The van der Waals surface area contributed by atoms with Gasteiger partial charge in [0.25, 0.3) is 5.82 Å². The third-order valence-electron chi connectivity index (χ3n) is 2.16. The van der Waals surface area contributed by atoms with Crippen LogP contribution in [0.5, 0.6) is 11.5 Å². The van der Waals surface area contributed by atoms with E-state index in [-0.39, 0.29) is 11.5 Å². The van der Waals surface area contributed by atoms with Crippen molar-refractivity contribution >= 4 is 12.2 Å². The predicted octanol–water partition coefficient (Wildman–Crippen LogP) is -0.437. The number of rotatable bonds is 3. The average Bonchev–Trinajstić information content (AvgIpc) is 2.72. The van der Waals surface area contributed by atoms with E-state index >= 15 is 0 Å². The standard InChI is InChI=1S/C10H8N4O5/c15-6-2-1-5(3-7(6)16)4-11-14-8(9(17)18)12-13-10(14)19/h1-4,15-16H,(H,13,19)(H,17,18)/b11-4+. The molecule has 0 spiro atoms. The van der Waals surface area contributed by atoms with Crippen LogP contribution in [-0.2, 0) is 0 Å². The molecule has 98 valence electrons. The quantitative estimate of drug-likeness (QED) is 0.437. The van der Waals surface area contributed by atoms with Crippen LogP contribution in [0.3, 0.4) is 0 Å². The smallest absolute Gasteiger partial charge is 0.375 e. The summed E-state index contributed by atoms with van der Waals surface area (Å²) in [6.45, 7) is 0. The first-order valence-corrected chi connectivity index (χ1v) is 4.96. The Bertz CT molecular complexity index is 715. The van der Waals surface area contributed by atoms with Gasteiger partial charge in [0.2, 0.25) is 0 Å². The molecule has 0 saturated carbocycles. The van der Waals surface area contributed by atoms with Crippen molar-refractivity contribution in [2.24, 2.45) is 5.10 Å². The molecule has 1 aromatic carbocycles. The number of carboxylic acids is 1. The highest BCUT2D eigenvalue weighted by atomic mass is 16.4. The summed E-state index contributed by atoms with van der Waals surface area (Å²) in [6, 6.07) is 3.85. The number of nitrogens with zero attached hydrogens (tertiary/aromatic N) is 3. The molecule has 0 saturated heterocycles. The van der Waals surface area contributed by atoms with Crippen LogP contribution in [0.15, 0.2) is 28.1 Å². The zero-order chi connectivity index (χ0) is 14.0. The number of carbonyl (C=O) groups is 1. The van der Waals surface area contributed by atoms with Gasteiger partial charge < -0.3 is 15.3 Å². The van der Waals surface area contributed by atoms with Crippen molar-refractivity contribution in [3.05, 3.63) is 40.1 Å². The van der Waals surface area contributed by atoms with Gasteiger partial charge in [0.1, 0.15) is 0 Å². The molecule has 9 nitrogen and oxygen atoms in total. The van der Waals surface area contributed by atoms with E-state index in [4.69, 9.17) is 10.2 Å². The van der Waals surface area contributed by atoms with E-state index in [1.54, 1.807) is 0 Å². The second-order valence-electron chi connectivity index (χ2n) is 3.46. The molecule has 1 heterocycles. The number of aromatic hydroxyl groups is 2. The molecule has 1 aromatic heterocycles. The van der Waals surface area contributed by atoms with Crippen LogP contribution in [0.4, 0.5) is 0 Å². The van der Waals surface area contributed by atoms with Crippen LogP contribution in [0, 0.1) is 0 Å². The van der Waals surface area contributed by atoms with Gasteiger partial charge in [-0.1, -0.05) is 0 Å². The lowest BCUT2D eigenvalue weighted by Crippen LogP contribution is -2.17. The number of aromatic amines is 1. The lowest BCUT2D eigenvalue weighted by Gasteiger charge is -1.98. The number of hydrogen-bond donors (Lipinski definition) is 4. The van der Waals surface area contributed by atoms with E-state index in [0.29, 0.717) is 10.2 Å². The molecule has 19 heavy (non-hydrogen) atoms. The average molecular weight is 264 g/mol. The fraction of sp³-hybridized carbons (Fsp3) is 0. The number of phenols is 2. The maximum Gasteiger partial charge on any atom is 0.375 e. The Balaban J connectivity index is 2.37. The van der Waals surface area contributed by atoms with Gasteiger partial charge in [0.05, 0.1) is 6.21 Å². The molecule has 0 atom stereocenters. The molecule has 4 N–H and O–H groups in total. The van der Waals surface area contributed by atoms with Crippen molar-refractivity contribution in [2.75, 3.05) is 0 Å². The summed E-state index contributed by atoms with van der Waals surface area (Å²) >= 11 is 0. The molecular formula is C10H8N4O5. The molecule has 0 aliphatic carbocycles. The Labute approximate surface area is 105 Å². The van der Waals surface area contributed by atoms with Crippen molar-refractivity contribution in [3.63, 3.8) is 0 Å². The lowest BCUT2D eigenvalue weighted by atomic mass is 10.2. The van der Waals surface area contributed by atoms with E-state index in [9.17, 15) is 14.7 Å². The Morgan fingerprint density at radius 2 is 2.11 bits per heavy atom. The molecule has 2 aromatic rings. The van der Waals surface area contributed by atoms with Crippen molar-refractivity contribution in [1.29, 1.82) is 0 Å². The van der Waals surface area contributed by atoms with Crippen LogP contribution in [0.2, 0.25) is 0 Å². The largest absolute Gasteiger partial charge is 0.504 e. The van der Waals surface area contributed by atoms with Gasteiger partial charge in [-0.05, 0) is 23.8 Å². The Kier molecular flexibility index (Phi) is 3.02. The third kappa shape index (κ3) is 2.44. The number of carboxylic acid groups (broad SMARTS) is 1.